The first kappa shape index (κ1) is 18.2. The molecule has 5 nitrogen and oxygen atoms in total. The molecule has 142 valence electrons. The number of para-hydroxylation sites is 1. The number of hydrogen-bond acceptors (Lipinski definition) is 5. The molecule has 2 aromatic rings. The summed E-state index contributed by atoms with van der Waals surface area (Å²) in [7, 11) is 0. The summed E-state index contributed by atoms with van der Waals surface area (Å²) < 4.78 is 11.6. The van der Waals surface area contributed by atoms with Crippen molar-refractivity contribution in [2.24, 2.45) is 0 Å². The minimum atomic E-state index is -0.360. The van der Waals surface area contributed by atoms with Gasteiger partial charge >= 0.3 is 0 Å². The molecule has 1 aliphatic heterocycles. The maximum absolute atomic E-state index is 10.0. The third kappa shape index (κ3) is 4.57. The van der Waals surface area contributed by atoms with Crippen LogP contribution in [0, 0.1) is 0 Å². The summed E-state index contributed by atoms with van der Waals surface area (Å²) >= 11 is 0. The highest BCUT2D eigenvalue weighted by Crippen LogP contribution is 2.34. The second-order valence-corrected chi connectivity index (χ2v) is 6.94. The predicted molar refractivity (Wildman–Crippen MR) is 102 cm³/mol. The van der Waals surface area contributed by atoms with E-state index in [4.69, 9.17) is 14.3 Å². The highest BCUT2D eigenvalue weighted by molar-refractivity contribution is 5.63. The Morgan fingerprint density at radius 1 is 1.04 bits per heavy atom. The van der Waals surface area contributed by atoms with Gasteiger partial charge in [0.2, 0.25) is 0 Å². The van der Waals surface area contributed by atoms with Crippen LogP contribution >= 0.6 is 0 Å². The summed E-state index contributed by atoms with van der Waals surface area (Å²) in [5, 5.41) is 10.9. The van der Waals surface area contributed by atoms with Crippen molar-refractivity contribution in [1.82, 2.24) is 5.23 Å². The van der Waals surface area contributed by atoms with Crippen molar-refractivity contribution in [3.05, 3.63) is 65.2 Å². The monoisotopic (exact) mass is 367 g/mol. The van der Waals surface area contributed by atoms with Gasteiger partial charge in [-0.15, -0.1) is 0 Å². The molecule has 0 amide bonds. The maximum atomic E-state index is 10.0. The van der Waals surface area contributed by atoms with Crippen LogP contribution in [-0.4, -0.2) is 29.9 Å². The molecule has 1 atom stereocenters. The van der Waals surface area contributed by atoms with E-state index in [1.165, 1.54) is 5.56 Å². The molecule has 0 radical (unpaired) electrons. The molecule has 5 heteroatoms. The smallest absolute Gasteiger partial charge is 0.160 e. The molecule has 4 rings (SSSR count). The average Bonchev–Trinajstić information content (AvgIpc) is 2.73. The second-order valence-electron chi connectivity index (χ2n) is 6.94. The van der Waals surface area contributed by atoms with Crippen molar-refractivity contribution in [2.75, 3.05) is 13.2 Å². The van der Waals surface area contributed by atoms with Crippen molar-refractivity contribution in [3.63, 3.8) is 0 Å². The van der Waals surface area contributed by atoms with E-state index in [2.05, 4.69) is 12.1 Å². The quantitative estimate of drug-likeness (QED) is 0.732. The maximum Gasteiger partial charge on any atom is 0.160 e. The van der Waals surface area contributed by atoms with E-state index in [9.17, 15) is 5.21 Å². The third-order valence-corrected chi connectivity index (χ3v) is 4.98. The van der Waals surface area contributed by atoms with Crippen LogP contribution in [0.5, 0.6) is 11.5 Å². The first-order chi connectivity index (χ1) is 13.3. The molecule has 1 N–H and O–H groups in total. The number of rotatable bonds is 6. The van der Waals surface area contributed by atoms with Gasteiger partial charge in [0.05, 0.1) is 6.61 Å². The summed E-state index contributed by atoms with van der Waals surface area (Å²) in [6.45, 7) is 1.03. The number of hydroxylamine groups is 2. The van der Waals surface area contributed by atoms with Crippen LogP contribution in [0.3, 0.4) is 0 Å². The molecule has 27 heavy (non-hydrogen) atoms. The Hall–Kier alpha value is -2.18. The summed E-state index contributed by atoms with van der Waals surface area (Å²) in [5.74, 6) is 1.74. The molecule has 2 aliphatic rings. The van der Waals surface area contributed by atoms with E-state index in [1.807, 2.05) is 42.5 Å². The van der Waals surface area contributed by atoms with Gasteiger partial charge in [0.25, 0.3) is 0 Å². The Morgan fingerprint density at radius 2 is 1.93 bits per heavy atom. The first-order valence-electron chi connectivity index (χ1n) is 9.56. The van der Waals surface area contributed by atoms with Gasteiger partial charge in [-0.1, -0.05) is 36.4 Å². The van der Waals surface area contributed by atoms with E-state index in [0.29, 0.717) is 13.2 Å². The van der Waals surface area contributed by atoms with Crippen LogP contribution in [0.4, 0.5) is 0 Å². The fraction of sp³-hybridized carbons (Fsp3) is 0.364. The number of fused-ring (bicyclic) bond motifs is 1. The number of benzene rings is 2. The molecular formula is C22H25NO4. The average molecular weight is 367 g/mol. The molecule has 1 unspecified atom stereocenters. The first-order valence-corrected chi connectivity index (χ1v) is 9.56. The Balaban J connectivity index is 1.41. The summed E-state index contributed by atoms with van der Waals surface area (Å²) in [6, 6.07) is 15.9. The molecule has 0 spiro atoms. The van der Waals surface area contributed by atoms with Gasteiger partial charge in [-0.3, -0.25) is 10.0 Å². The zero-order valence-electron chi connectivity index (χ0n) is 15.3. The van der Waals surface area contributed by atoms with E-state index in [-0.39, 0.29) is 6.23 Å². The fourth-order valence-corrected chi connectivity index (χ4v) is 3.52. The largest absolute Gasteiger partial charge is 0.457 e. The normalized spacial score (nSPS) is 19.5. The van der Waals surface area contributed by atoms with Gasteiger partial charge < -0.3 is 9.47 Å². The molecular weight excluding hydrogens is 342 g/mol. The summed E-state index contributed by atoms with van der Waals surface area (Å²) in [4.78, 5) is 5.53. The third-order valence-electron chi connectivity index (χ3n) is 4.98. The lowest BCUT2D eigenvalue weighted by atomic mass is 9.92. The summed E-state index contributed by atoms with van der Waals surface area (Å²) in [6.07, 6.45) is 6.41. The predicted octanol–water partition coefficient (Wildman–Crippen LogP) is 4.96. The Labute approximate surface area is 159 Å². The molecule has 0 bridgehead atoms. The van der Waals surface area contributed by atoms with Crippen LogP contribution in [0.25, 0.3) is 6.08 Å². The van der Waals surface area contributed by atoms with E-state index in [0.717, 1.165) is 60.0 Å². The van der Waals surface area contributed by atoms with Crippen molar-refractivity contribution in [1.29, 1.82) is 0 Å². The minimum Gasteiger partial charge on any atom is -0.457 e. The number of ether oxygens (including phenoxy) is 2. The van der Waals surface area contributed by atoms with Crippen LogP contribution in [-0.2, 0) is 16.0 Å². The molecule has 0 saturated carbocycles. The zero-order chi connectivity index (χ0) is 18.5. The highest BCUT2D eigenvalue weighted by atomic mass is 16.9. The zero-order valence-corrected chi connectivity index (χ0v) is 15.3. The molecule has 0 aromatic heterocycles. The lowest BCUT2D eigenvalue weighted by molar-refractivity contribution is -0.403. The van der Waals surface area contributed by atoms with Crippen LogP contribution in [0.2, 0.25) is 0 Å². The number of hydrogen-bond donors (Lipinski definition) is 1. The Kier molecular flexibility index (Phi) is 5.84. The van der Waals surface area contributed by atoms with E-state index < -0.39 is 0 Å². The van der Waals surface area contributed by atoms with Gasteiger partial charge in [0, 0.05) is 12.2 Å². The van der Waals surface area contributed by atoms with E-state index >= 15 is 0 Å². The number of nitrogens with zero attached hydrogens (tertiary/aromatic N) is 1. The minimum absolute atomic E-state index is 0.360. The van der Waals surface area contributed by atoms with Gasteiger partial charge in [-0.05, 0) is 66.7 Å². The molecule has 1 heterocycles. The van der Waals surface area contributed by atoms with Gasteiger partial charge in [-0.2, -0.15) is 0 Å². The molecule has 1 aliphatic carbocycles. The molecule has 1 saturated heterocycles. The van der Waals surface area contributed by atoms with Crippen LogP contribution in [0.1, 0.15) is 36.8 Å². The van der Waals surface area contributed by atoms with Crippen molar-refractivity contribution >= 4 is 6.08 Å². The fourth-order valence-electron chi connectivity index (χ4n) is 3.52. The Bertz CT molecular complexity index is 784. The Morgan fingerprint density at radius 3 is 2.74 bits per heavy atom. The van der Waals surface area contributed by atoms with Crippen molar-refractivity contribution < 1.29 is 19.5 Å². The second kappa shape index (κ2) is 8.67. The molecule has 2 aromatic carbocycles. The van der Waals surface area contributed by atoms with Crippen LogP contribution < -0.4 is 4.74 Å². The topological polar surface area (TPSA) is 51.2 Å². The SMILES string of the molecule is ON(OCC1=Cc2cccc(Oc3ccccc3)c2CC1)C1CCCCO1. The van der Waals surface area contributed by atoms with Crippen LogP contribution in [0.15, 0.2) is 54.1 Å². The van der Waals surface area contributed by atoms with Gasteiger partial charge in [0.1, 0.15) is 11.5 Å². The molecule has 1 fully saturated rings. The van der Waals surface area contributed by atoms with Gasteiger partial charge in [0.15, 0.2) is 6.23 Å². The highest BCUT2D eigenvalue weighted by Gasteiger charge is 2.22. The van der Waals surface area contributed by atoms with Crippen molar-refractivity contribution in [2.45, 2.75) is 38.3 Å². The van der Waals surface area contributed by atoms with E-state index in [1.54, 1.807) is 0 Å². The summed E-state index contributed by atoms with van der Waals surface area (Å²) in [5.41, 5.74) is 3.50. The lowest BCUT2D eigenvalue weighted by Crippen LogP contribution is -2.37. The van der Waals surface area contributed by atoms with Gasteiger partial charge in [-0.25, -0.2) is 0 Å². The standard InChI is InChI=1S/C22H25NO4/c24-23(22-11-4-5-14-25-22)26-16-17-12-13-20-18(15-17)7-6-10-21(20)27-19-8-2-1-3-9-19/h1-3,6-10,15,22,24H,4-5,11-14,16H2. The van der Waals surface area contributed by atoms with Crippen molar-refractivity contribution in [3.8, 4) is 11.5 Å². The lowest BCUT2D eigenvalue weighted by Gasteiger charge is -2.29.